The van der Waals surface area contributed by atoms with E-state index in [2.05, 4.69) is 21.5 Å². The van der Waals surface area contributed by atoms with Gasteiger partial charge in [-0.2, -0.15) is 18.1 Å². The lowest BCUT2D eigenvalue weighted by Crippen LogP contribution is -2.14. The number of fused-ring (bicyclic) bond motifs is 1. The predicted molar refractivity (Wildman–Crippen MR) is 130 cm³/mol. The van der Waals surface area contributed by atoms with E-state index in [4.69, 9.17) is 9.88 Å². The number of thiazole rings is 1. The number of rotatable bonds is 6. The fraction of sp³-hybridized carbons (Fsp3) is 0.375. The van der Waals surface area contributed by atoms with Crippen LogP contribution >= 0.6 is 11.3 Å². The molecular formula is C24H26N4O3S2. The first-order valence-corrected chi connectivity index (χ1v) is 13.2. The van der Waals surface area contributed by atoms with Gasteiger partial charge in [0.15, 0.2) is 0 Å². The van der Waals surface area contributed by atoms with Crippen LogP contribution in [0.1, 0.15) is 61.1 Å². The Morgan fingerprint density at radius 3 is 2.94 bits per heavy atom. The van der Waals surface area contributed by atoms with Gasteiger partial charge in [-0.05, 0) is 62.3 Å². The lowest BCUT2D eigenvalue weighted by Gasteiger charge is -2.24. The van der Waals surface area contributed by atoms with Crippen molar-refractivity contribution in [3.8, 4) is 16.5 Å². The second-order valence-electron chi connectivity index (χ2n) is 8.47. The number of aromatic nitrogens is 1. The highest BCUT2D eigenvalue weighted by Crippen LogP contribution is 2.41. The molecule has 172 valence electrons. The summed E-state index contributed by atoms with van der Waals surface area (Å²) in [5.41, 5.74) is 3.95. The minimum atomic E-state index is -3.90. The van der Waals surface area contributed by atoms with Crippen molar-refractivity contribution in [1.29, 1.82) is 5.26 Å². The van der Waals surface area contributed by atoms with Crippen molar-refractivity contribution < 1.29 is 13.2 Å². The summed E-state index contributed by atoms with van der Waals surface area (Å²) in [6, 6.07) is 8.35. The first-order valence-electron chi connectivity index (χ1n) is 10.9. The second-order valence-corrected chi connectivity index (χ2v) is 10.8. The Labute approximate surface area is 198 Å². The minimum Gasteiger partial charge on any atom is -0.490 e. The maximum atomic E-state index is 11.3. The molecule has 1 heterocycles. The molecule has 0 saturated carbocycles. The van der Waals surface area contributed by atoms with Crippen LogP contribution < -0.4 is 5.14 Å². The molecular weight excluding hydrogens is 456 g/mol. The maximum Gasteiger partial charge on any atom is 0.316 e. The van der Waals surface area contributed by atoms with E-state index in [9.17, 15) is 13.7 Å². The highest BCUT2D eigenvalue weighted by Gasteiger charge is 2.25. The highest BCUT2D eigenvalue weighted by molar-refractivity contribution is 7.87. The van der Waals surface area contributed by atoms with E-state index >= 15 is 0 Å². The van der Waals surface area contributed by atoms with Crippen LogP contribution in [-0.2, 0) is 21.4 Å². The van der Waals surface area contributed by atoms with Gasteiger partial charge in [-0.15, -0.1) is 11.3 Å². The number of nitrogens with zero attached hydrogens (tertiary/aromatic N) is 3. The predicted octanol–water partition coefficient (Wildman–Crippen LogP) is 4.75. The second kappa shape index (κ2) is 9.59. The molecule has 0 aliphatic heterocycles. The van der Waals surface area contributed by atoms with Crippen LogP contribution in [0.5, 0.6) is 0 Å². The molecule has 33 heavy (non-hydrogen) atoms. The van der Waals surface area contributed by atoms with Crippen molar-refractivity contribution in [2.24, 2.45) is 9.54 Å². The molecule has 2 atom stereocenters. The van der Waals surface area contributed by atoms with Gasteiger partial charge in [0.25, 0.3) is 0 Å². The van der Waals surface area contributed by atoms with Crippen LogP contribution in [0.4, 0.5) is 0 Å². The summed E-state index contributed by atoms with van der Waals surface area (Å²) in [5.74, 6) is 0.598. The highest BCUT2D eigenvalue weighted by atomic mass is 32.2. The van der Waals surface area contributed by atoms with E-state index in [-0.39, 0.29) is 17.9 Å². The summed E-state index contributed by atoms with van der Waals surface area (Å²) >= 11 is 1.63. The number of ether oxygens (including phenoxy) is 1. The van der Waals surface area contributed by atoms with Crippen molar-refractivity contribution in [3.63, 3.8) is 0 Å². The minimum absolute atomic E-state index is 0.0131. The molecule has 1 aromatic carbocycles. The van der Waals surface area contributed by atoms with E-state index < -0.39 is 10.2 Å². The van der Waals surface area contributed by atoms with Crippen molar-refractivity contribution >= 4 is 27.8 Å². The normalized spacial score (nSPS) is 20.8. The van der Waals surface area contributed by atoms with Crippen LogP contribution in [0.3, 0.4) is 0 Å². The Morgan fingerprint density at radius 2 is 2.21 bits per heavy atom. The van der Waals surface area contributed by atoms with Crippen LogP contribution in [0.15, 0.2) is 52.3 Å². The van der Waals surface area contributed by atoms with E-state index in [1.807, 2.05) is 44.3 Å². The van der Waals surface area contributed by atoms with Gasteiger partial charge >= 0.3 is 10.2 Å². The molecule has 9 heteroatoms. The molecule has 0 bridgehead atoms. The van der Waals surface area contributed by atoms with Crippen molar-refractivity contribution in [1.82, 2.24) is 4.98 Å². The third kappa shape index (κ3) is 5.41. The van der Waals surface area contributed by atoms with Gasteiger partial charge < -0.3 is 4.74 Å². The largest absolute Gasteiger partial charge is 0.490 e. The van der Waals surface area contributed by atoms with Gasteiger partial charge in [-0.3, -0.25) is 0 Å². The SMILES string of the molecule is CC(C)OC1=CCC(c2ncc(-c3cccc4c3CCCC4C=NS(N)(=O)=O)s2)C=C1C#N. The van der Waals surface area contributed by atoms with Crippen LogP contribution in [0.25, 0.3) is 10.4 Å². The Kier molecular flexibility index (Phi) is 6.79. The molecule has 2 aliphatic rings. The monoisotopic (exact) mass is 482 g/mol. The first-order chi connectivity index (χ1) is 15.7. The molecule has 0 fully saturated rings. The summed E-state index contributed by atoms with van der Waals surface area (Å²) in [6.45, 7) is 3.89. The van der Waals surface area contributed by atoms with Gasteiger partial charge in [-0.25, -0.2) is 10.1 Å². The molecule has 0 saturated heterocycles. The third-order valence-corrected chi connectivity index (χ3v) is 7.30. The van der Waals surface area contributed by atoms with Gasteiger partial charge in [0.2, 0.25) is 0 Å². The maximum absolute atomic E-state index is 11.3. The zero-order valence-electron chi connectivity index (χ0n) is 18.6. The number of hydrogen-bond acceptors (Lipinski definition) is 6. The van der Waals surface area contributed by atoms with E-state index in [0.717, 1.165) is 46.7 Å². The number of allylic oxidation sites excluding steroid dienone is 3. The van der Waals surface area contributed by atoms with Gasteiger partial charge in [0.05, 0.1) is 16.6 Å². The van der Waals surface area contributed by atoms with Crippen molar-refractivity contribution in [2.45, 2.75) is 57.5 Å². The summed E-state index contributed by atoms with van der Waals surface area (Å²) < 4.78 is 31.9. The number of nitriles is 1. The fourth-order valence-electron chi connectivity index (χ4n) is 4.34. The quantitative estimate of drug-likeness (QED) is 0.596. The van der Waals surface area contributed by atoms with Gasteiger partial charge in [0, 0.05) is 24.2 Å². The van der Waals surface area contributed by atoms with E-state index in [0.29, 0.717) is 11.3 Å². The Hall–Kier alpha value is -2.80. The standard InChI is InChI=1S/C24H26N4O3S2/c1-15(2)31-22-10-9-16(11-18(22)12-25)24-27-14-23(32-24)21-8-4-6-19-17(5-3-7-20(19)21)13-28-33(26,29)30/h4,6,8,10-11,13-17H,3,5,7,9H2,1-2H3,(H2,26,29,30). The number of nitrogens with two attached hydrogens (primary N) is 1. The Morgan fingerprint density at radius 1 is 1.39 bits per heavy atom. The molecule has 2 aliphatic carbocycles. The Bertz CT molecular complexity index is 1280. The molecule has 2 aromatic rings. The molecule has 2 unspecified atom stereocenters. The lowest BCUT2D eigenvalue weighted by molar-refractivity contribution is 0.153. The van der Waals surface area contributed by atoms with Crippen LogP contribution in [-0.4, -0.2) is 25.7 Å². The molecule has 2 N–H and O–H groups in total. The summed E-state index contributed by atoms with van der Waals surface area (Å²) in [4.78, 5) is 5.74. The molecule has 0 amide bonds. The van der Waals surface area contributed by atoms with Crippen LogP contribution in [0.2, 0.25) is 0 Å². The van der Waals surface area contributed by atoms with E-state index in [1.165, 1.54) is 11.8 Å². The smallest absolute Gasteiger partial charge is 0.316 e. The zero-order valence-corrected chi connectivity index (χ0v) is 20.2. The molecule has 0 radical (unpaired) electrons. The average Bonchev–Trinajstić information content (AvgIpc) is 3.26. The first kappa shape index (κ1) is 23.4. The number of benzene rings is 1. The fourth-order valence-corrected chi connectivity index (χ4v) is 5.71. The molecule has 7 nitrogen and oxygen atoms in total. The average molecular weight is 483 g/mol. The van der Waals surface area contributed by atoms with Crippen molar-refractivity contribution in [2.75, 3.05) is 0 Å². The third-order valence-electron chi connectivity index (χ3n) is 5.72. The Balaban J connectivity index is 1.62. The van der Waals surface area contributed by atoms with Crippen LogP contribution in [0, 0.1) is 11.3 Å². The molecule has 0 spiro atoms. The van der Waals surface area contributed by atoms with Crippen molar-refractivity contribution in [3.05, 3.63) is 64.0 Å². The van der Waals surface area contributed by atoms with E-state index in [1.54, 1.807) is 11.3 Å². The summed E-state index contributed by atoms with van der Waals surface area (Å²) in [5, 5.41) is 15.6. The summed E-state index contributed by atoms with van der Waals surface area (Å²) in [7, 11) is -3.90. The topological polar surface area (TPSA) is 118 Å². The summed E-state index contributed by atoms with van der Waals surface area (Å²) in [6.07, 6.45) is 10.7. The lowest BCUT2D eigenvalue weighted by atomic mass is 9.81. The number of hydrogen-bond donors (Lipinski definition) is 1. The van der Waals surface area contributed by atoms with Gasteiger partial charge in [0.1, 0.15) is 16.8 Å². The molecule has 4 rings (SSSR count). The molecule has 1 aromatic heterocycles. The van der Waals surface area contributed by atoms with Gasteiger partial charge in [-0.1, -0.05) is 24.3 Å². The zero-order chi connectivity index (χ0) is 23.6.